The number of likely N-dealkylation sites (tertiary alicyclic amines) is 1. The first-order valence-corrected chi connectivity index (χ1v) is 13.6. The maximum absolute atomic E-state index is 11.1. The Labute approximate surface area is 211 Å². The molecular weight excluding hydrogens is 428 g/mol. The predicted octanol–water partition coefficient (Wildman–Crippen LogP) is 6.74. The Morgan fingerprint density at radius 2 is 1.37 bits per heavy atom. The summed E-state index contributed by atoms with van der Waals surface area (Å²) in [5, 5.41) is 11.1. The van der Waals surface area contributed by atoms with Gasteiger partial charge in [0, 0.05) is 31.1 Å². The van der Waals surface area contributed by atoms with Crippen LogP contribution in [-0.4, -0.2) is 41.1 Å². The van der Waals surface area contributed by atoms with Crippen molar-refractivity contribution < 1.29 is 5.11 Å². The molecule has 0 amide bonds. The number of rotatable bonds is 8. The number of phenols is 1. The fourth-order valence-electron chi connectivity index (χ4n) is 6.01. The molecule has 0 aliphatic carbocycles. The Bertz CT molecular complexity index is 1020. The van der Waals surface area contributed by atoms with Gasteiger partial charge in [-0.1, -0.05) is 85.6 Å². The summed E-state index contributed by atoms with van der Waals surface area (Å²) in [6.07, 6.45) is 8.54. The second kappa shape index (κ2) is 11.9. The fourth-order valence-corrected chi connectivity index (χ4v) is 6.01. The van der Waals surface area contributed by atoms with E-state index in [1.807, 2.05) is 0 Å². The van der Waals surface area contributed by atoms with Crippen LogP contribution in [-0.2, 0) is 19.5 Å². The minimum atomic E-state index is 0.445. The number of benzene rings is 3. The third-order valence-corrected chi connectivity index (χ3v) is 8.00. The van der Waals surface area contributed by atoms with Gasteiger partial charge in [0.1, 0.15) is 5.75 Å². The smallest absolute Gasteiger partial charge is 0.123 e. The summed E-state index contributed by atoms with van der Waals surface area (Å²) < 4.78 is 0. The van der Waals surface area contributed by atoms with Gasteiger partial charge in [-0.2, -0.15) is 0 Å². The van der Waals surface area contributed by atoms with Gasteiger partial charge in [0.25, 0.3) is 0 Å². The highest BCUT2D eigenvalue weighted by atomic mass is 16.3. The second-order valence-corrected chi connectivity index (χ2v) is 10.4. The second-order valence-electron chi connectivity index (χ2n) is 10.4. The topological polar surface area (TPSA) is 26.7 Å². The van der Waals surface area contributed by atoms with Crippen LogP contribution < -0.4 is 0 Å². The Morgan fingerprint density at radius 3 is 2.03 bits per heavy atom. The van der Waals surface area contributed by atoms with Gasteiger partial charge < -0.3 is 5.11 Å². The van der Waals surface area contributed by atoms with E-state index in [9.17, 15) is 5.11 Å². The van der Waals surface area contributed by atoms with Crippen LogP contribution in [0.1, 0.15) is 72.3 Å². The molecule has 0 atom stereocenters. The Hall–Kier alpha value is -2.62. The molecule has 184 valence electrons. The van der Waals surface area contributed by atoms with Crippen molar-refractivity contribution in [2.45, 2.75) is 64.0 Å². The lowest BCUT2D eigenvalue weighted by Gasteiger charge is -2.31. The van der Waals surface area contributed by atoms with E-state index in [1.54, 1.807) is 0 Å². The van der Waals surface area contributed by atoms with Crippen molar-refractivity contribution >= 4 is 0 Å². The van der Waals surface area contributed by atoms with Crippen molar-refractivity contribution in [1.82, 2.24) is 9.80 Å². The lowest BCUT2D eigenvalue weighted by atomic mass is 9.87. The van der Waals surface area contributed by atoms with Crippen LogP contribution in [0.15, 0.2) is 72.8 Å². The van der Waals surface area contributed by atoms with Gasteiger partial charge in [-0.15, -0.1) is 0 Å². The van der Waals surface area contributed by atoms with Crippen molar-refractivity contribution in [3.05, 3.63) is 101 Å². The molecule has 1 saturated heterocycles. The summed E-state index contributed by atoms with van der Waals surface area (Å²) in [5.41, 5.74) is 6.44. The molecule has 3 heteroatoms. The number of nitrogens with zero attached hydrogens (tertiary/aromatic N) is 2. The number of hydrogen-bond acceptors (Lipinski definition) is 3. The molecule has 0 spiro atoms. The summed E-state index contributed by atoms with van der Waals surface area (Å²) in [6.45, 7) is 6.31. The van der Waals surface area contributed by atoms with E-state index in [0.29, 0.717) is 11.7 Å². The molecule has 3 aromatic carbocycles. The van der Waals surface area contributed by atoms with Crippen molar-refractivity contribution in [3.63, 3.8) is 0 Å². The van der Waals surface area contributed by atoms with Crippen LogP contribution in [0.3, 0.4) is 0 Å². The highest BCUT2D eigenvalue weighted by Crippen LogP contribution is 2.33. The maximum Gasteiger partial charge on any atom is 0.123 e. The Morgan fingerprint density at radius 1 is 0.714 bits per heavy atom. The first-order chi connectivity index (χ1) is 17.3. The van der Waals surface area contributed by atoms with Crippen molar-refractivity contribution in [2.24, 2.45) is 0 Å². The van der Waals surface area contributed by atoms with Gasteiger partial charge in [0.2, 0.25) is 0 Å². The van der Waals surface area contributed by atoms with Crippen molar-refractivity contribution in [2.75, 3.05) is 26.2 Å². The molecule has 2 aliphatic heterocycles. The van der Waals surface area contributed by atoms with Gasteiger partial charge in [-0.3, -0.25) is 9.80 Å². The molecule has 0 saturated carbocycles. The quantitative estimate of drug-likeness (QED) is 0.397. The van der Waals surface area contributed by atoms with Crippen LogP contribution >= 0.6 is 0 Å². The van der Waals surface area contributed by atoms with Crippen LogP contribution in [0.5, 0.6) is 5.75 Å². The number of hydrogen-bond donors (Lipinski definition) is 1. The third-order valence-electron chi connectivity index (χ3n) is 8.00. The normalized spacial score (nSPS) is 17.3. The summed E-state index contributed by atoms with van der Waals surface area (Å²) in [7, 11) is 0. The summed E-state index contributed by atoms with van der Waals surface area (Å²) in [4.78, 5) is 5.10. The highest BCUT2D eigenvalue weighted by Gasteiger charge is 2.22. The van der Waals surface area contributed by atoms with E-state index in [4.69, 9.17) is 0 Å². The van der Waals surface area contributed by atoms with Crippen LogP contribution in [0.4, 0.5) is 0 Å². The van der Waals surface area contributed by atoms with E-state index in [0.717, 1.165) is 57.7 Å². The number of aromatic hydroxyl groups is 1. The van der Waals surface area contributed by atoms with E-state index < -0.39 is 0 Å². The highest BCUT2D eigenvalue weighted by molar-refractivity contribution is 5.46. The predicted molar refractivity (Wildman–Crippen MR) is 145 cm³/mol. The third kappa shape index (κ3) is 6.15. The molecule has 5 rings (SSSR count). The molecular formula is C32H40N2O. The molecule has 1 N–H and O–H groups in total. The van der Waals surface area contributed by atoms with Gasteiger partial charge in [-0.25, -0.2) is 0 Å². The van der Waals surface area contributed by atoms with Gasteiger partial charge in [0.05, 0.1) is 0 Å². The van der Waals surface area contributed by atoms with E-state index in [2.05, 4.69) is 82.6 Å². The monoisotopic (exact) mass is 468 g/mol. The Kier molecular flexibility index (Phi) is 8.18. The molecule has 2 aliphatic rings. The van der Waals surface area contributed by atoms with Crippen LogP contribution in [0.25, 0.3) is 0 Å². The van der Waals surface area contributed by atoms with Crippen molar-refractivity contribution in [1.29, 1.82) is 0 Å². The van der Waals surface area contributed by atoms with Crippen LogP contribution in [0, 0.1) is 0 Å². The molecule has 0 unspecified atom stereocenters. The van der Waals surface area contributed by atoms with E-state index >= 15 is 0 Å². The van der Waals surface area contributed by atoms with Gasteiger partial charge >= 0.3 is 0 Å². The zero-order chi connectivity index (χ0) is 23.9. The van der Waals surface area contributed by atoms with Gasteiger partial charge in [-0.05, 0) is 74.0 Å². The largest absolute Gasteiger partial charge is 0.507 e. The molecule has 0 aromatic heterocycles. The lowest BCUT2D eigenvalue weighted by molar-refractivity contribution is 0.243. The molecule has 35 heavy (non-hydrogen) atoms. The fraction of sp³-hybridized carbons (Fsp3) is 0.438. The van der Waals surface area contributed by atoms with Gasteiger partial charge in [0.15, 0.2) is 0 Å². The molecule has 1 fully saturated rings. The number of fused-ring (bicyclic) bond motifs is 1. The molecule has 2 heterocycles. The van der Waals surface area contributed by atoms with Crippen molar-refractivity contribution in [3.8, 4) is 5.75 Å². The van der Waals surface area contributed by atoms with E-state index in [-0.39, 0.29) is 0 Å². The lowest BCUT2D eigenvalue weighted by Crippen LogP contribution is -2.32. The summed E-state index contributed by atoms with van der Waals surface area (Å²) >= 11 is 0. The standard InChI is InChI=1S/C32H40N2O/c35-32-29(25-33-20-9-1-2-10-21-33)18-17-28-24-34(23-19-31(28)32)22-11-16-30(26-12-5-3-6-13-26)27-14-7-4-8-15-27/h3-8,12-15,17-18,30,35H,1-2,9-11,16,19-25H2. The first kappa shape index (κ1) is 24.1. The summed E-state index contributed by atoms with van der Waals surface area (Å²) in [6, 6.07) is 26.3. The zero-order valence-electron chi connectivity index (χ0n) is 21.0. The maximum atomic E-state index is 11.1. The Balaban J connectivity index is 1.19. The van der Waals surface area contributed by atoms with Crippen LogP contribution in [0.2, 0.25) is 0 Å². The first-order valence-electron chi connectivity index (χ1n) is 13.6. The molecule has 0 bridgehead atoms. The SMILES string of the molecule is Oc1c(CN2CCCCCC2)ccc2c1CCN(CCCC(c1ccccc1)c1ccccc1)C2. The average Bonchev–Trinajstić information content (AvgIpc) is 3.18. The van der Waals surface area contributed by atoms with E-state index in [1.165, 1.54) is 54.4 Å². The average molecular weight is 469 g/mol. The number of phenolic OH excluding ortho intramolecular Hbond substituents is 1. The summed E-state index contributed by atoms with van der Waals surface area (Å²) in [5.74, 6) is 1.01. The molecule has 3 nitrogen and oxygen atoms in total. The minimum Gasteiger partial charge on any atom is -0.507 e. The minimum absolute atomic E-state index is 0.445. The zero-order valence-corrected chi connectivity index (χ0v) is 21.0. The molecule has 0 radical (unpaired) electrons. The molecule has 3 aromatic rings.